The van der Waals surface area contributed by atoms with Crippen molar-refractivity contribution >= 4 is 35.3 Å². The minimum Gasteiger partial charge on any atom is -0.363 e. The Labute approximate surface area is 120 Å². The van der Waals surface area contributed by atoms with Crippen LogP contribution in [0.1, 0.15) is 28.9 Å². The SMILES string of the molecule is CC(Nc1ncnc(Cl)c1C=O)c1cccc(Cl)c1. The highest BCUT2D eigenvalue weighted by molar-refractivity contribution is 6.32. The van der Waals surface area contributed by atoms with E-state index >= 15 is 0 Å². The number of hydrogen-bond donors (Lipinski definition) is 1. The van der Waals surface area contributed by atoms with Gasteiger partial charge in [-0.1, -0.05) is 35.3 Å². The topological polar surface area (TPSA) is 54.9 Å². The van der Waals surface area contributed by atoms with Gasteiger partial charge < -0.3 is 5.32 Å². The lowest BCUT2D eigenvalue weighted by molar-refractivity contribution is 0.112. The average Bonchev–Trinajstić information content (AvgIpc) is 2.39. The highest BCUT2D eigenvalue weighted by atomic mass is 35.5. The largest absolute Gasteiger partial charge is 0.363 e. The molecule has 1 heterocycles. The number of rotatable bonds is 4. The Morgan fingerprint density at radius 3 is 2.79 bits per heavy atom. The molecule has 0 saturated heterocycles. The molecule has 1 N–H and O–H groups in total. The molecule has 0 radical (unpaired) electrons. The number of benzene rings is 1. The number of anilines is 1. The van der Waals surface area contributed by atoms with Gasteiger partial charge in [-0.05, 0) is 24.6 Å². The van der Waals surface area contributed by atoms with E-state index in [4.69, 9.17) is 23.2 Å². The van der Waals surface area contributed by atoms with Gasteiger partial charge in [0.05, 0.1) is 11.6 Å². The molecule has 0 amide bonds. The summed E-state index contributed by atoms with van der Waals surface area (Å²) in [4.78, 5) is 18.8. The van der Waals surface area contributed by atoms with Gasteiger partial charge >= 0.3 is 0 Å². The van der Waals surface area contributed by atoms with Crippen LogP contribution in [0.3, 0.4) is 0 Å². The predicted octanol–water partition coefficient (Wildman–Crippen LogP) is 3.77. The Bertz CT molecular complexity index is 604. The van der Waals surface area contributed by atoms with Gasteiger partial charge in [0, 0.05) is 5.02 Å². The summed E-state index contributed by atoms with van der Waals surface area (Å²) in [6.07, 6.45) is 1.94. The molecule has 1 aromatic carbocycles. The zero-order valence-electron chi connectivity index (χ0n) is 10.1. The number of carbonyl (C=O) groups is 1. The summed E-state index contributed by atoms with van der Waals surface area (Å²) in [7, 11) is 0. The van der Waals surface area contributed by atoms with Crippen LogP contribution >= 0.6 is 23.2 Å². The van der Waals surface area contributed by atoms with E-state index in [2.05, 4.69) is 15.3 Å². The lowest BCUT2D eigenvalue weighted by Crippen LogP contribution is -2.10. The maximum Gasteiger partial charge on any atom is 0.156 e. The summed E-state index contributed by atoms with van der Waals surface area (Å²) < 4.78 is 0. The van der Waals surface area contributed by atoms with Crippen molar-refractivity contribution in [1.29, 1.82) is 0 Å². The molecule has 0 fully saturated rings. The van der Waals surface area contributed by atoms with E-state index in [1.807, 2.05) is 25.1 Å². The minimum atomic E-state index is -0.0663. The van der Waals surface area contributed by atoms with Gasteiger partial charge in [-0.15, -0.1) is 0 Å². The number of nitrogens with zero attached hydrogens (tertiary/aromatic N) is 2. The second-order valence-electron chi connectivity index (χ2n) is 3.97. The zero-order chi connectivity index (χ0) is 13.8. The van der Waals surface area contributed by atoms with Crippen LogP contribution in [0.5, 0.6) is 0 Å². The molecule has 0 aliphatic carbocycles. The first-order valence-electron chi connectivity index (χ1n) is 5.59. The molecule has 2 rings (SSSR count). The lowest BCUT2D eigenvalue weighted by atomic mass is 10.1. The van der Waals surface area contributed by atoms with E-state index in [0.717, 1.165) is 5.56 Å². The molecule has 1 atom stereocenters. The van der Waals surface area contributed by atoms with Gasteiger partial charge in [0.25, 0.3) is 0 Å². The summed E-state index contributed by atoms with van der Waals surface area (Å²) >= 11 is 11.8. The molecular formula is C13H11Cl2N3O. The first-order valence-corrected chi connectivity index (χ1v) is 6.35. The lowest BCUT2D eigenvalue weighted by Gasteiger charge is -2.16. The van der Waals surface area contributed by atoms with Crippen LogP contribution in [0.2, 0.25) is 10.2 Å². The maximum absolute atomic E-state index is 11.0. The Morgan fingerprint density at radius 1 is 1.32 bits per heavy atom. The third-order valence-electron chi connectivity index (χ3n) is 2.66. The molecule has 4 nitrogen and oxygen atoms in total. The first kappa shape index (κ1) is 13.8. The van der Waals surface area contributed by atoms with Gasteiger partial charge in [-0.2, -0.15) is 0 Å². The third-order valence-corrected chi connectivity index (χ3v) is 3.19. The van der Waals surface area contributed by atoms with Crippen molar-refractivity contribution in [2.75, 3.05) is 5.32 Å². The van der Waals surface area contributed by atoms with Crippen molar-refractivity contribution in [1.82, 2.24) is 9.97 Å². The van der Waals surface area contributed by atoms with Crippen LogP contribution in [0.4, 0.5) is 5.82 Å². The molecule has 0 saturated carbocycles. The predicted molar refractivity (Wildman–Crippen MR) is 75.9 cm³/mol. The van der Waals surface area contributed by atoms with Gasteiger partial charge in [0.2, 0.25) is 0 Å². The fourth-order valence-electron chi connectivity index (χ4n) is 1.66. The summed E-state index contributed by atoms with van der Waals surface area (Å²) in [6.45, 7) is 1.94. The van der Waals surface area contributed by atoms with Gasteiger partial charge in [0.15, 0.2) is 6.29 Å². The monoisotopic (exact) mass is 295 g/mol. The molecule has 6 heteroatoms. The minimum absolute atomic E-state index is 0.0663. The molecule has 1 aromatic heterocycles. The van der Waals surface area contributed by atoms with Crippen LogP contribution in [0.15, 0.2) is 30.6 Å². The molecule has 0 aliphatic rings. The normalized spacial score (nSPS) is 11.9. The summed E-state index contributed by atoms with van der Waals surface area (Å²) in [5, 5.41) is 3.91. The van der Waals surface area contributed by atoms with Crippen LogP contribution in [0, 0.1) is 0 Å². The van der Waals surface area contributed by atoms with Crippen LogP contribution < -0.4 is 5.32 Å². The fourth-order valence-corrected chi connectivity index (χ4v) is 2.03. The molecule has 1 unspecified atom stereocenters. The van der Waals surface area contributed by atoms with Crippen LogP contribution in [-0.2, 0) is 0 Å². The Hall–Kier alpha value is -1.65. The van der Waals surface area contributed by atoms with Gasteiger partial charge in [-0.3, -0.25) is 4.79 Å². The van der Waals surface area contributed by atoms with Crippen molar-refractivity contribution in [3.63, 3.8) is 0 Å². The van der Waals surface area contributed by atoms with Gasteiger partial charge in [0.1, 0.15) is 17.3 Å². The second-order valence-corrected chi connectivity index (χ2v) is 4.76. The standard InChI is InChI=1S/C13H11Cl2N3O/c1-8(9-3-2-4-10(14)5-9)18-13-11(6-19)12(15)16-7-17-13/h2-8H,1H3,(H,16,17,18). The number of aromatic nitrogens is 2. The Kier molecular flexibility index (Phi) is 4.35. The van der Waals surface area contributed by atoms with Crippen molar-refractivity contribution in [2.24, 2.45) is 0 Å². The fraction of sp³-hybridized carbons (Fsp3) is 0.154. The van der Waals surface area contributed by atoms with E-state index in [9.17, 15) is 4.79 Å². The van der Waals surface area contributed by atoms with Crippen molar-refractivity contribution in [3.8, 4) is 0 Å². The quantitative estimate of drug-likeness (QED) is 0.689. The van der Waals surface area contributed by atoms with E-state index in [1.165, 1.54) is 6.33 Å². The Balaban J connectivity index is 2.26. The number of halogens is 2. The molecule has 19 heavy (non-hydrogen) atoms. The maximum atomic E-state index is 11.0. The van der Waals surface area contributed by atoms with E-state index in [-0.39, 0.29) is 16.8 Å². The molecule has 0 bridgehead atoms. The van der Waals surface area contributed by atoms with Crippen molar-refractivity contribution < 1.29 is 4.79 Å². The molecule has 0 aliphatic heterocycles. The molecular weight excluding hydrogens is 285 g/mol. The molecule has 98 valence electrons. The zero-order valence-corrected chi connectivity index (χ0v) is 11.6. The molecule has 2 aromatic rings. The number of aldehydes is 1. The second kappa shape index (κ2) is 5.99. The highest BCUT2D eigenvalue weighted by Crippen LogP contribution is 2.24. The summed E-state index contributed by atoms with van der Waals surface area (Å²) in [6, 6.07) is 7.39. The number of nitrogens with one attached hydrogen (secondary N) is 1. The van der Waals surface area contributed by atoms with E-state index in [1.54, 1.807) is 6.07 Å². The number of hydrogen-bond acceptors (Lipinski definition) is 4. The summed E-state index contributed by atoms with van der Waals surface area (Å²) in [5.41, 5.74) is 1.23. The highest BCUT2D eigenvalue weighted by Gasteiger charge is 2.12. The van der Waals surface area contributed by atoms with Gasteiger partial charge in [-0.25, -0.2) is 9.97 Å². The van der Waals surface area contributed by atoms with E-state index in [0.29, 0.717) is 17.1 Å². The van der Waals surface area contributed by atoms with E-state index < -0.39 is 0 Å². The Morgan fingerprint density at radius 2 is 2.11 bits per heavy atom. The molecule has 0 spiro atoms. The smallest absolute Gasteiger partial charge is 0.156 e. The van der Waals surface area contributed by atoms with Crippen molar-refractivity contribution in [3.05, 3.63) is 51.9 Å². The van der Waals surface area contributed by atoms with Crippen molar-refractivity contribution in [2.45, 2.75) is 13.0 Å². The average molecular weight is 296 g/mol. The third kappa shape index (κ3) is 3.22. The van der Waals surface area contributed by atoms with Crippen LogP contribution in [-0.4, -0.2) is 16.3 Å². The summed E-state index contributed by atoms with van der Waals surface area (Å²) in [5.74, 6) is 0.405. The first-order chi connectivity index (χ1) is 9.11. The number of carbonyl (C=O) groups excluding carboxylic acids is 1. The van der Waals surface area contributed by atoms with Crippen LogP contribution in [0.25, 0.3) is 0 Å².